The molecule has 0 saturated carbocycles. The van der Waals surface area contributed by atoms with Gasteiger partial charge < -0.3 is 11.5 Å². The van der Waals surface area contributed by atoms with E-state index >= 15 is 0 Å². The van der Waals surface area contributed by atoms with Crippen molar-refractivity contribution >= 4 is 24.0 Å². The predicted molar refractivity (Wildman–Crippen MR) is 52.0 cm³/mol. The summed E-state index contributed by atoms with van der Waals surface area (Å²) in [6, 6.07) is 7.33. The van der Waals surface area contributed by atoms with Gasteiger partial charge in [-0.15, -0.1) is 12.6 Å². The standard InChI is InChI=1S/C8H10N2S/c9-7-3-1-6(2-4-7)8(10)5-11/h1-5,11H,9-10H2/b8-5-. The molecule has 4 N–H and O–H groups in total. The Balaban J connectivity index is 2.99. The molecule has 3 heteroatoms. The number of hydrogen-bond donors (Lipinski definition) is 3. The second-order valence-electron chi connectivity index (χ2n) is 2.21. The van der Waals surface area contributed by atoms with E-state index in [2.05, 4.69) is 12.6 Å². The third-order valence-corrected chi connectivity index (χ3v) is 1.66. The van der Waals surface area contributed by atoms with Crippen molar-refractivity contribution in [2.75, 3.05) is 5.73 Å². The van der Waals surface area contributed by atoms with Gasteiger partial charge in [-0.3, -0.25) is 0 Å². The first kappa shape index (κ1) is 8.01. The molecule has 1 rings (SSSR count). The van der Waals surface area contributed by atoms with Crippen LogP contribution in [0.4, 0.5) is 5.69 Å². The molecule has 0 heterocycles. The third-order valence-electron chi connectivity index (χ3n) is 1.38. The highest BCUT2D eigenvalue weighted by Crippen LogP contribution is 2.11. The summed E-state index contributed by atoms with van der Waals surface area (Å²) in [7, 11) is 0. The summed E-state index contributed by atoms with van der Waals surface area (Å²) in [4.78, 5) is 0. The zero-order chi connectivity index (χ0) is 8.27. The van der Waals surface area contributed by atoms with Crippen LogP contribution in [0.1, 0.15) is 5.56 Å². The number of nitrogens with two attached hydrogens (primary N) is 2. The molecule has 0 unspecified atom stereocenters. The van der Waals surface area contributed by atoms with Gasteiger partial charge in [0.15, 0.2) is 0 Å². The van der Waals surface area contributed by atoms with E-state index in [1.54, 1.807) is 17.5 Å². The minimum absolute atomic E-state index is 0.647. The molecular formula is C8H10N2S. The van der Waals surface area contributed by atoms with Crippen molar-refractivity contribution in [1.82, 2.24) is 0 Å². The molecule has 58 valence electrons. The Morgan fingerprint density at radius 1 is 1.27 bits per heavy atom. The topological polar surface area (TPSA) is 52.0 Å². The van der Waals surface area contributed by atoms with Gasteiger partial charge in [-0.1, -0.05) is 12.1 Å². The summed E-state index contributed by atoms with van der Waals surface area (Å²) in [5, 5.41) is 1.56. The largest absolute Gasteiger partial charge is 0.399 e. The highest BCUT2D eigenvalue weighted by Gasteiger charge is 1.92. The third kappa shape index (κ3) is 1.91. The minimum Gasteiger partial charge on any atom is -0.399 e. The Morgan fingerprint density at radius 2 is 1.82 bits per heavy atom. The molecule has 0 spiro atoms. The molecule has 0 aliphatic heterocycles. The summed E-state index contributed by atoms with van der Waals surface area (Å²) < 4.78 is 0. The van der Waals surface area contributed by atoms with Crippen LogP contribution >= 0.6 is 12.6 Å². The lowest BCUT2D eigenvalue weighted by molar-refractivity contribution is 1.53. The fourth-order valence-corrected chi connectivity index (χ4v) is 0.899. The molecule has 0 aromatic heterocycles. The van der Waals surface area contributed by atoms with Gasteiger partial charge in [0.1, 0.15) is 0 Å². The highest BCUT2D eigenvalue weighted by molar-refractivity contribution is 7.83. The monoisotopic (exact) mass is 166 g/mol. The number of anilines is 1. The van der Waals surface area contributed by atoms with E-state index in [0.29, 0.717) is 5.70 Å². The molecule has 0 fully saturated rings. The zero-order valence-corrected chi connectivity index (χ0v) is 6.88. The Morgan fingerprint density at radius 3 is 2.27 bits per heavy atom. The van der Waals surface area contributed by atoms with Crippen LogP contribution in [-0.4, -0.2) is 0 Å². The number of hydrogen-bond acceptors (Lipinski definition) is 3. The first-order valence-corrected chi connectivity index (χ1v) is 3.71. The zero-order valence-electron chi connectivity index (χ0n) is 5.99. The predicted octanol–water partition coefficient (Wildman–Crippen LogP) is 1.46. The van der Waals surface area contributed by atoms with Crippen LogP contribution < -0.4 is 11.5 Å². The molecule has 0 radical (unpaired) electrons. The summed E-state index contributed by atoms with van der Waals surface area (Å²) in [6.07, 6.45) is 0. The number of thiol groups is 1. The molecule has 0 aliphatic carbocycles. The summed E-state index contributed by atoms with van der Waals surface area (Å²) in [6.45, 7) is 0. The van der Waals surface area contributed by atoms with Crippen LogP contribution in [0.3, 0.4) is 0 Å². The van der Waals surface area contributed by atoms with Crippen LogP contribution in [0.15, 0.2) is 29.7 Å². The molecule has 0 atom stereocenters. The highest BCUT2D eigenvalue weighted by atomic mass is 32.1. The summed E-state index contributed by atoms with van der Waals surface area (Å²) in [5.74, 6) is 0. The molecular weight excluding hydrogens is 156 g/mol. The second kappa shape index (κ2) is 3.34. The molecule has 0 amide bonds. The first-order valence-electron chi connectivity index (χ1n) is 3.20. The maximum absolute atomic E-state index is 5.59. The summed E-state index contributed by atoms with van der Waals surface area (Å²) in [5.41, 5.74) is 13.4. The number of rotatable bonds is 1. The average Bonchev–Trinajstić information content (AvgIpc) is 2.05. The fourth-order valence-electron chi connectivity index (χ4n) is 0.750. The van der Waals surface area contributed by atoms with E-state index in [0.717, 1.165) is 11.3 Å². The molecule has 11 heavy (non-hydrogen) atoms. The van der Waals surface area contributed by atoms with Crippen LogP contribution in [0.2, 0.25) is 0 Å². The van der Waals surface area contributed by atoms with E-state index in [1.165, 1.54) is 0 Å². The van der Waals surface area contributed by atoms with Crippen molar-refractivity contribution in [2.24, 2.45) is 5.73 Å². The Hall–Kier alpha value is -1.09. The fraction of sp³-hybridized carbons (Fsp3) is 0. The van der Waals surface area contributed by atoms with Gasteiger partial charge in [0.05, 0.1) is 0 Å². The lowest BCUT2D eigenvalue weighted by Gasteiger charge is -1.99. The van der Waals surface area contributed by atoms with Crippen LogP contribution in [-0.2, 0) is 0 Å². The SMILES string of the molecule is N/C(=C\S)c1ccc(N)cc1. The van der Waals surface area contributed by atoms with Gasteiger partial charge in [-0.25, -0.2) is 0 Å². The molecule has 1 aromatic carbocycles. The normalized spacial score (nSPS) is 11.5. The number of benzene rings is 1. The van der Waals surface area contributed by atoms with E-state index < -0.39 is 0 Å². The molecule has 0 aliphatic rings. The molecule has 1 aromatic rings. The molecule has 0 bridgehead atoms. The van der Waals surface area contributed by atoms with Gasteiger partial charge in [0, 0.05) is 11.4 Å². The maximum Gasteiger partial charge on any atom is 0.0449 e. The van der Waals surface area contributed by atoms with E-state index in [-0.39, 0.29) is 0 Å². The van der Waals surface area contributed by atoms with E-state index in [9.17, 15) is 0 Å². The average molecular weight is 166 g/mol. The Kier molecular flexibility index (Phi) is 2.44. The van der Waals surface area contributed by atoms with Crippen molar-refractivity contribution in [3.05, 3.63) is 35.2 Å². The van der Waals surface area contributed by atoms with Gasteiger partial charge >= 0.3 is 0 Å². The smallest absolute Gasteiger partial charge is 0.0449 e. The maximum atomic E-state index is 5.59. The lowest BCUT2D eigenvalue weighted by Crippen LogP contribution is -1.94. The quantitative estimate of drug-likeness (QED) is 0.437. The van der Waals surface area contributed by atoms with Crippen molar-refractivity contribution in [2.45, 2.75) is 0 Å². The van der Waals surface area contributed by atoms with Crippen LogP contribution in [0.5, 0.6) is 0 Å². The Bertz CT molecular complexity index is 264. The minimum atomic E-state index is 0.647. The van der Waals surface area contributed by atoms with Crippen molar-refractivity contribution < 1.29 is 0 Å². The summed E-state index contributed by atoms with van der Waals surface area (Å²) >= 11 is 3.93. The first-order chi connectivity index (χ1) is 5.24. The van der Waals surface area contributed by atoms with Gasteiger partial charge in [-0.2, -0.15) is 0 Å². The second-order valence-corrected chi connectivity index (χ2v) is 2.46. The van der Waals surface area contributed by atoms with Crippen LogP contribution in [0.25, 0.3) is 5.70 Å². The van der Waals surface area contributed by atoms with Crippen molar-refractivity contribution in [1.29, 1.82) is 0 Å². The van der Waals surface area contributed by atoms with Crippen LogP contribution in [0, 0.1) is 0 Å². The lowest BCUT2D eigenvalue weighted by atomic mass is 10.2. The number of nitrogen functional groups attached to an aromatic ring is 1. The van der Waals surface area contributed by atoms with Crippen molar-refractivity contribution in [3.63, 3.8) is 0 Å². The van der Waals surface area contributed by atoms with Gasteiger partial charge in [-0.05, 0) is 23.1 Å². The van der Waals surface area contributed by atoms with Crippen molar-refractivity contribution in [3.8, 4) is 0 Å². The van der Waals surface area contributed by atoms with Gasteiger partial charge in [0.2, 0.25) is 0 Å². The van der Waals surface area contributed by atoms with E-state index in [1.807, 2.05) is 12.1 Å². The molecule has 2 nitrogen and oxygen atoms in total. The molecule has 0 saturated heterocycles. The van der Waals surface area contributed by atoms with Gasteiger partial charge in [0.25, 0.3) is 0 Å². The van der Waals surface area contributed by atoms with E-state index in [4.69, 9.17) is 11.5 Å². The Labute approximate surface area is 71.3 Å².